The smallest absolute Gasteiger partial charge is 0.271 e. The molecule has 2 heterocycles. The maximum absolute atomic E-state index is 12.2. The lowest BCUT2D eigenvalue weighted by molar-refractivity contribution is -0.131. The molecule has 2 amide bonds. The number of nitrogens with one attached hydrogen (secondary N) is 2. The highest BCUT2D eigenvalue weighted by molar-refractivity contribution is 9.10. The molecule has 2 aromatic rings. The maximum atomic E-state index is 12.2. The van der Waals surface area contributed by atoms with Crippen LogP contribution in [-0.2, 0) is 16.7 Å². The van der Waals surface area contributed by atoms with Gasteiger partial charge in [0.15, 0.2) is 0 Å². The molecule has 9 heteroatoms. The molecule has 0 radical (unpaired) electrons. The number of aromatic nitrogens is 2. The zero-order valence-electron chi connectivity index (χ0n) is 15.0. The average Bonchev–Trinajstić information content (AvgIpc) is 3.26. The standard InChI is InChI=1S/C18H20BrN5O3/c1-11-8-15(22-24(11)2)17(25)20-6-7-21-18(26)16-10-14(23-27-16)12-4-3-5-13(19)9-12/h3-5,8-9,16H,6-7,10H2,1-2H3,(H,20,25)(H,21,26). The van der Waals surface area contributed by atoms with Crippen LogP contribution in [0.2, 0.25) is 0 Å². The predicted molar refractivity (Wildman–Crippen MR) is 103 cm³/mol. The molecule has 3 rings (SSSR count). The van der Waals surface area contributed by atoms with E-state index < -0.39 is 6.10 Å². The van der Waals surface area contributed by atoms with Crippen LogP contribution in [0.5, 0.6) is 0 Å². The molecule has 1 aliphatic heterocycles. The normalized spacial score (nSPS) is 15.8. The van der Waals surface area contributed by atoms with Crippen LogP contribution in [0, 0.1) is 6.92 Å². The molecule has 1 aromatic heterocycles. The Balaban J connectivity index is 1.41. The number of benzene rings is 1. The number of carbonyl (C=O) groups excluding carboxylic acids is 2. The van der Waals surface area contributed by atoms with Crippen LogP contribution < -0.4 is 10.6 Å². The number of amides is 2. The van der Waals surface area contributed by atoms with Crippen LogP contribution >= 0.6 is 15.9 Å². The molecule has 0 bridgehead atoms. The number of halogens is 1. The van der Waals surface area contributed by atoms with E-state index in [0.29, 0.717) is 25.2 Å². The first-order valence-corrected chi connectivity index (χ1v) is 9.28. The van der Waals surface area contributed by atoms with Crippen LogP contribution in [0.1, 0.15) is 28.2 Å². The Morgan fingerprint density at radius 3 is 2.78 bits per heavy atom. The van der Waals surface area contributed by atoms with Gasteiger partial charge < -0.3 is 15.5 Å². The minimum atomic E-state index is -0.659. The summed E-state index contributed by atoms with van der Waals surface area (Å²) in [5.41, 5.74) is 2.90. The molecule has 27 heavy (non-hydrogen) atoms. The number of oxime groups is 1. The zero-order chi connectivity index (χ0) is 19.4. The van der Waals surface area contributed by atoms with E-state index in [9.17, 15) is 9.59 Å². The summed E-state index contributed by atoms with van der Waals surface area (Å²) in [6.45, 7) is 2.46. The van der Waals surface area contributed by atoms with Crippen molar-refractivity contribution in [1.82, 2.24) is 20.4 Å². The van der Waals surface area contributed by atoms with Gasteiger partial charge in [-0.1, -0.05) is 33.2 Å². The van der Waals surface area contributed by atoms with Crippen LogP contribution in [-0.4, -0.2) is 46.5 Å². The molecular formula is C18H20BrN5O3. The number of rotatable bonds is 6. The lowest BCUT2D eigenvalue weighted by Gasteiger charge is -2.09. The molecule has 0 aliphatic carbocycles. The molecule has 1 aromatic carbocycles. The third-order valence-electron chi connectivity index (χ3n) is 4.18. The molecule has 2 N–H and O–H groups in total. The number of aryl methyl sites for hydroxylation is 2. The summed E-state index contributed by atoms with van der Waals surface area (Å²) >= 11 is 3.41. The fourth-order valence-corrected chi connectivity index (χ4v) is 2.99. The first-order valence-electron chi connectivity index (χ1n) is 8.49. The second kappa shape index (κ2) is 8.34. The fourth-order valence-electron chi connectivity index (χ4n) is 2.59. The summed E-state index contributed by atoms with van der Waals surface area (Å²) < 4.78 is 2.58. The Bertz CT molecular complexity index is 873. The SMILES string of the molecule is Cc1cc(C(=O)NCCNC(=O)C2CC(c3cccc(Br)c3)=NO2)nn1C. The second-order valence-electron chi connectivity index (χ2n) is 6.19. The molecule has 0 saturated carbocycles. The largest absolute Gasteiger partial charge is 0.382 e. The Morgan fingerprint density at radius 2 is 2.07 bits per heavy atom. The van der Waals surface area contributed by atoms with Gasteiger partial charge in [-0.15, -0.1) is 0 Å². The number of carbonyl (C=O) groups is 2. The van der Waals surface area contributed by atoms with E-state index in [-0.39, 0.29) is 11.8 Å². The fraction of sp³-hybridized carbons (Fsp3) is 0.333. The monoisotopic (exact) mass is 433 g/mol. The molecule has 0 fully saturated rings. The molecule has 0 spiro atoms. The summed E-state index contributed by atoms with van der Waals surface area (Å²) in [7, 11) is 1.78. The first kappa shape index (κ1) is 19.1. The number of hydrogen-bond donors (Lipinski definition) is 2. The van der Waals surface area contributed by atoms with E-state index >= 15 is 0 Å². The van der Waals surface area contributed by atoms with Gasteiger partial charge in [0.1, 0.15) is 5.69 Å². The van der Waals surface area contributed by atoms with Crippen molar-refractivity contribution in [2.24, 2.45) is 12.2 Å². The van der Waals surface area contributed by atoms with E-state index in [1.807, 2.05) is 31.2 Å². The van der Waals surface area contributed by atoms with E-state index in [4.69, 9.17) is 4.84 Å². The summed E-state index contributed by atoms with van der Waals surface area (Å²) in [4.78, 5) is 29.4. The Labute approximate surface area is 165 Å². The number of nitrogens with zero attached hydrogens (tertiary/aromatic N) is 3. The Hall–Kier alpha value is -2.68. The molecule has 1 aliphatic rings. The first-order chi connectivity index (χ1) is 12.9. The van der Waals surface area contributed by atoms with Crippen LogP contribution in [0.3, 0.4) is 0 Å². The highest BCUT2D eigenvalue weighted by Gasteiger charge is 2.28. The van der Waals surface area contributed by atoms with E-state index in [1.54, 1.807) is 17.8 Å². The predicted octanol–water partition coefficient (Wildman–Crippen LogP) is 1.53. The van der Waals surface area contributed by atoms with Crippen molar-refractivity contribution in [2.45, 2.75) is 19.4 Å². The molecule has 142 valence electrons. The third kappa shape index (κ3) is 4.73. The second-order valence-corrected chi connectivity index (χ2v) is 7.10. The van der Waals surface area contributed by atoms with Gasteiger partial charge >= 0.3 is 0 Å². The van der Waals surface area contributed by atoms with Crippen molar-refractivity contribution < 1.29 is 14.4 Å². The van der Waals surface area contributed by atoms with Gasteiger partial charge in [-0.05, 0) is 25.1 Å². The van der Waals surface area contributed by atoms with Crippen molar-refractivity contribution >= 4 is 33.5 Å². The molecular weight excluding hydrogens is 414 g/mol. The van der Waals surface area contributed by atoms with Crippen molar-refractivity contribution in [2.75, 3.05) is 13.1 Å². The Kier molecular flexibility index (Phi) is 5.90. The summed E-state index contributed by atoms with van der Waals surface area (Å²) in [6.07, 6.45) is -0.255. The third-order valence-corrected chi connectivity index (χ3v) is 4.67. The van der Waals surface area contributed by atoms with Gasteiger partial charge in [-0.25, -0.2) is 0 Å². The molecule has 0 saturated heterocycles. The highest BCUT2D eigenvalue weighted by Crippen LogP contribution is 2.19. The Morgan fingerprint density at radius 1 is 1.30 bits per heavy atom. The lowest BCUT2D eigenvalue weighted by atomic mass is 10.0. The quantitative estimate of drug-likeness (QED) is 0.674. The zero-order valence-corrected chi connectivity index (χ0v) is 16.6. The van der Waals surface area contributed by atoms with E-state index in [1.165, 1.54) is 0 Å². The highest BCUT2D eigenvalue weighted by atomic mass is 79.9. The minimum absolute atomic E-state index is 0.258. The summed E-state index contributed by atoms with van der Waals surface area (Å²) in [5.74, 6) is -0.531. The lowest BCUT2D eigenvalue weighted by Crippen LogP contribution is -2.39. The summed E-state index contributed by atoms with van der Waals surface area (Å²) in [5, 5.41) is 13.6. The van der Waals surface area contributed by atoms with Gasteiger partial charge in [0.25, 0.3) is 11.8 Å². The summed E-state index contributed by atoms with van der Waals surface area (Å²) in [6, 6.07) is 9.38. The van der Waals surface area contributed by atoms with Crippen molar-refractivity contribution in [3.8, 4) is 0 Å². The van der Waals surface area contributed by atoms with Gasteiger partial charge in [-0.2, -0.15) is 5.10 Å². The van der Waals surface area contributed by atoms with Crippen LogP contribution in [0.15, 0.2) is 40.0 Å². The molecule has 8 nitrogen and oxygen atoms in total. The van der Waals surface area contributed by atoms with E-state index in [2.05, 4.69) is 36.8 Å². The van der Waals surface area contributed by atoms with E-state index in [0.717, 1.165) is 21.4 Å². The topological polar surface area (TPSA) is 97.6 Å². The van der Waals surface area contributed by atoms with Crippen LogP contribution in [0.25, 0.3) is 0 Å². The minimum Gasteiger partial charge on any atom is -0.382 e. The van der Waals surface area contributed by atoms with Crippen LogP contribution in [0.4, 0.5) is 0 Å². The van der Waals surface area contributed by atoms with Gasteiger partial charge in [0.2, 0.25) is 6.10 Å². The van der Waals surface area contributed by atoms with Crippen molar-refractivity contribution in [3.63, 3.8) is 0 Å². The molecule has 1 unspecified atom stereocenters. The van der Waals surface area contributed by atoms with Gasteiger partial charge in [0, 0.05) is 42.3 Å². The van der Waals surface area contributed by atoms with Gasteiger partial charge in [-0.3, -0.25) is 14.3 Å². The maximum Gasteiger partial charge on any atom is 0.271 e. The van der Waals surface area contributed by atoms with Gasteiger partial charge in [0.05, 0.1) is 5.71 Å². The van der Waals surface area contributed by atoms with Crippen molar-refractivity contribution in [1.29, 1.82) is 0 Å². The van der Waals surface area contributed by atoms with Crippen molar-refractivity contribution in [3.05, 3.63) is 51.8 Å². The molecule has 1 atom stereocenters. The average molecular weight is 434 g/mol. The number of hydrogen-bond acceptors (Lipinski definition) is 5.